The Kier molecular flexibility index (Phi) is 9.07. The first-order valence-corrected chi connectivity index (χ1v) is 11.5. The third-order valence-electron chi connectivity index (χ3n) is 4.02. The third-order valence-corrected chi connectivity index (χ3v) is 6.86. The number of anilines is 1. The molecule has 1 aromatic carbocycles. The van der Waals surface area contributed by atoms with Gasteiger partial charge in [-0.25, -0.2) is 13.2 Å². The molecule has 0 heterocycles. The third kappa shape index (κ3) is 6.40. The maximum Gasteiger partial charge on any atom is 0.312 e. The molecule has 0 saturated carbocycles. The van der Waals surface area contributed by atoms with E-state index in [1.165, 1.54) is 22.1 Å². The van der Waals surface area contributed by atoms with Gasteiger partial charge in [0.15, 0.2) is 0 Å². The number of sulfonamides is 1. The van der Waals surface area contributed by atoms with E-state index in [0.29, 0.717) is 36.5 Å². The van der Waals surface area contributed by atoms with Crippen molar-refractivity contribution < 1.29 is 18.0 Å². The molecule has 152 valence electrons. The van der Waals surface area contributed by atoms with Gasteiger partial charge in [0.05, 0.1) is 4.90 Å². The molecule has 0 aliphatic rings. The first kappa shape index (κ1) is 23.3. The minimum atomic E-state index is -3.65. The molecule has 10 heteroatoms. The summed E-state index contributed by atoms with van der Waals surface area (Å²) in [7, 11) is -3.65. The van der Waals surface area contributed by atoms with Crippen molar-refractivity contribution in [1.29, 1.82) is 0 Å². The van der Waals surface area contributed by atoms with Crippen LogP contribution in [0.5, 0.6) is 0 Å². The number of nitrogens with two attached hydrogens (primary N) is 1. The van der Waals surface area contributed by atoms with Gasteiger partial charge in [0, 0.05) is 18.8 Å². The Morgan fingerprint density at radius 2 is 1.89 bits per heavy atom. The molecule has 0 spiro atoms. The number of amides is 3. The van der Waals surface area contributed by atoms with Gasteiger partial charge in [0.25, 0.3) is 0 Å². The second-order valence-electron chi connectivity index (χ2n) is 5.90. The summed E-state index contributed by atoms with van der Waals surface area (Å²) in [6.45, 7) is 5.96. The molecule has 0 saturated heterocycles. The van der Waals surface area contributed by atoms with E-state index in [1.54, 1.807) is 32.9 Å². The Labute approximate surface area is 165 Å². The van der Waals surface area contributed by atoms with Gasteiger partial charge >= 0.3 is 6.03 Å². The number of benzene rings is 1. The van der Waals surface area contributed by atoms with E-state index < -0.39 is 28.0 Å². The Bertz CT molecular complexity index is 764. The van der Waals surface area contributed by atoms with Crippen LogP contribution < -0.4 is 16.4 Å². The van der Waals surface area contributed by atoms with Gasteiger partial charge in [-0.05, 0) is 43.0 Å². The van der Waals surface area contributed by atoms with Crippen LogP contribution in [0, 0.1) is 6.92 Å². The first-order valence-electron chi connectivity index (χ1n) is 8.63. The van der Waals surface area contributed by atoms with Crippen LogP contribution >= 0.6 is 11.8 Å². The molecule has 1 atom stereocenters. The molecule has 1 aromatic rings. The van der Waals surface area contributed by atoms with Crippen molar-refractivity contribution in [3.05, 3.63) is 23.8 Å². The zero-order valence-corrected chi connectivity index (χ0v) is 17.7. The summed E-state index contributed by atoms with van der Waals surface area (Å²) in [6.07, 6.45) is 2.30. The number of nitrogens with one attached hydrogen (secondary N) is 2. The van der Waals surface area contributed by atoms with Gasteiger partial charge in [0.1, 0.15) is 6.04 Å². The Morgan fingerprint density at radius 3 is 2.41 bits per heavy atom. The highest BCUT2D eigenvalue weighted by molar-refractivity contribution is 7.98. The van der Waals surface area contributed by atoms with Gasteiger partial charge in [-0.1, -0.05) is 19.9 Å². The van der Waals surface area contributed by atoms with Crippen LogP contribution in [0.25, 0.3) is 0 Å². The zero-order chi connectivity index (χ0) is 20.6. The second kappa shape index (κ2) is 10.5. The van der Waals surface area contributed by atoms with Crippen LogP contribution in [-0.2, 0) is 14.8 Å². The lowest BCUT2D eigenvalue weighted by Gasteiger charge is -2.21. The number of thioether (sulfide) groups is 1. The molecule has 0 fully saturated rings. The Hall–Kier alpha value is -1.78. The van der Waals surface area contributed by atoms with Crippen LogP contribution in [-0.4, -0.2) is 55.8 Å². The largest absolute Gasteiger partial charge is 0.352 e. The molecule has 4 N–H and O–H groups in total. The summed E-state index contributed by atoms with van der Waals surface area (Å²) < 4.78 is 27.0. The van der Waals surface area contributed by atoms with E-state index in [-0.39, 0.29) is 4.90 Å². The van der Waals surface area contributed by atoms with Crippen molar-refractivity contribution >= 4 is 39.4 Å². The summed E-state index contributed by atoms with van der Waals surface area (Å²) in [6, 6.07) is 3.13. The minimum Gasteiger partial charge on any atom is -0.352 e. The van der Waals surface area contributed by atoms with Crippen molar-refractivity contribution in [2.45, 2.75) is 38.1 Å². The van der Waals surface area contributed by atoms with Crippen LogP contribution in [0.3, 0.4) is 0 Å². The molecule has 8 nitrogen and oxygen atoms in total. The fraction of sp³-hybridized carbons (Fsp3) is 0.529. The fourth-order valence-corrected chi connectivity index (χ4v) is 4.74. The van der Waals surface area contributed by atoms with Gasteiger partial charge < -0.3 is 16.4 Å². The van der Waals surface area contributed by atoms with Crippen LogP contribution in [0.1, 0.15) is 25.8 Å². The predicted molar refractivity (Wildman–Crippen MR) is 109 cm³/mol. The fourth-order valence-electron chi connectivity index (χ4n) is 2.56. The molecule has 0 radical (unpaired) electrons. The summed E-state index contributed by atoms with van der Waals surface area (Å²) in [4.78, 5) is 23.8. The molecule has 0 unspecified atom stereocenters. The summed E-state index contributed by atoms with van der Waals surface area (Å²) in [5.41, 5.74) is 6.08. The average molecular weight is 417 g/mol. The molecule has 3 amide bonds. The number of primary amides is 1. The van der Waals surface area contributed by atoms with Crippen molar-refractivity contribution in [2.75, 3.05) is 30.4 Å². The highest BCUT2D eigenvalue weighted by Gasteiger charge is 2.25. The Morgan fingerprint density at radius 1 is 1.26 bits per heavy atom. The summed E-state index contributed by atoms with van der Waals surface area (Å²) >= 11 is 1.54. The Balaban J connectivity index is 3.11. The standard InChI is InChI=1S/C17H28N4O4S2/c1-5-21(6-2)27(24,25)15-11-13(8-7-12(15)3)19-16(22)14(9-10-26-4)20-17(18)23/h7-8,11,14H,5-6,9-10H2,1-4H3,(H,19,22)(H3,18,20,23)/t14-/m0/s1. The van der Waals surface area contributed by atoms with E-state index in [0.717, 1.165) is 0 Å². The van der Waals surface area contributed by atoms with Crippen LogP contribution in [0.4, 0.5) is 10.5 Å². The number of nitrogens with zero attached hydrogens (tertiary/aromatic N) is 1. The number of hydrogen-bond acceptors (Lipinski definition) is 5. The van der Waals surface area contributed by atoms with Gasteiger partial charge in [-0.2, -0.15) is 16.1 Å². The number of rotatable bonds is 10. The molecule has 0 bridgehead atoms. The lowest BCUT2D eigenvalue weighted by Crippen LogP contribution is -2.46. The molecule has 1 rings (SSSR count). The zero-order valence-electron chi connectivity index (χ0n) is 16.1. The molecular formula is C17H28N4O4S2. The quantitative estimate of drug-likeness (QED) is 0.536. The highest BCUT2D eigenvalue weighted by atomic mass is 32.2. The smallest absolute Gasteiger partial charge is 0.312 e. The maximum atomic E-state index is 12.8. The van der Waals surface area contributed by atoms with Crippen molar-refractivity contribution in [1.82, 2.24) is 9.62 Å². The van der Waals surface area contributed by atoms with E-state index in [4.69, 9.17) is 5.73 Å². The normalized spacial score (nSPS) is 12.6. The predicted octanol–water partition coefficient (Wildman–Crippen LogP) is 1.75. The highest BCUT2D eigenvalue weighted by Crippen LogP contribution is 2.24. The number of urea groups is 1. The van der Waals surface area contributed by atoms with Crippen LogP contribution in [0.15, 0.2) is 23.1 Å². The van der Waals surface area contributed by atoms with Crippen molar-refractivity contribution in [3.63, 3.8) is 0 Å². The van der Waals surface area contributed by atoms with E-state index in [1.807, 2.05) is 6.26 Å². The number of carbonyl (C=O) groups is 2. The second-order valence-corrected chi connectivity index (χ2v) is 8.79. The molecular weight excluding hydrogens is 388 g/mol. The number of carbonyl (C=O) groups excluding carboxylic acids is 2. The summed E-state index contributed by atoms with van der Waals surface area (Å²) in [5, 5.41) is 5.08. The lowest BCUT2D eigenvalue weighted by atomic mass is 10.2. The summed E-state index contributed by atoms with van der Waals surface area (Å²) in [5.74, 6) is 0.214. The van der Waals surface area contributed by atoms with Gasteiger partial charge in [0.2, 0.25) is 15.9 Å². The lowest BCUT2D eigenvalue weighted by molar-refractivity contribution is -0.117. The average Bonchev–Trinajstić information content (AvgIpc) is 2.60. The first-order chi connectivity index (χ1) is 12.7. The van der Waals surface area contributed by atoms with Crippen molar-refractivity contribution in [3.8, 4) is 0 Å². The number of hydrogen-bond donors (Lipinski definition) is 3. The monoisotopic (exact) mass is 416 g/mol. The van der Waals surface area contributed by atoms with Gasteiger partial charge in [-0.3, -0.25) is 4.79 Å². The van der Waals surface area contributed by atoms with Gasteiger partial charge in [-0.15, -0.1) is 0 Å². The maximum absolute atomic E-state index is 12.8. The molecule has 0 aromatic heterocycles. The minimum absolute atomic E-state index is 0.146. The van der Waals surface area contributed by atoms with Crippen molar-refractivity contribution in [2.24, 2.45) is 5.73 Å². The van der Waals surface area contributed by atoms with E-state index in [9.17, 15) is 18.0 Å². The molecule has 0 aliphatic heterocycles. The molecule has 27 heavy (non-hydrogen) atoms. The topological polar surface area (TPSA) is 122 Å². The van der Waals surface area contributed by atoms with E-state index in [2.05, 4.69) is 10.6 Å². The number of aryl methyl sites for hydroxylation is 1. The molecule has 0 aliphatic carbocycles. The van der Waals surface area contributed by atoms with Crippen LogP contribution in [0.2, 0.25) is 0 Å². The SMILES string of the molecule is CCN(CC)S(=O)(=O)c1cc(NC(=O)[C@H](CCSC)NC(N)=O)ccc1C. The van der Waals surface area contributed by atoms with E-state index >= 15 is 0 Å².